The van der Waals surface area contributed by atoms with Crippen LogP contribution in [-0.2, 0) is 4.79 Å². The van der Waals surface area contributed by atoms with Gasteiger partial charge in [-0.1, -0.05) is 19.7 Å². The molecule has 11 heavy (non-hydrogen) atoms. The van der Waals surface area contributed by atoms with E-state index in [-0.39, 0.29) is 5.91 Å². The predicted molar refractivity (Wildman–Crippen MR) is 50.5 cm³/mol. The van der Waals surface area contributed by atoms with Gasteiger partial charge in [-0.2, -0.15) is 0 Å². The fourth-order valence-corrected chi connectivity index (χ4v) is 0.830. The maximum Gasteiger partial charge on any atom is 0.219 e. The Hall–Kier alpha value is -0.465. The summed E-state index contributed by atoms with van der Waals surface area (Å²) in [6.07, 6.45) is 5.05. The first-order valence-corrected chi connectivity index (χ1v) is 4.58. The molecule has 0 rings (SSSR count). The van der Waals surface area contributed by atoms with Crippen LogP contribution in [0.25, 0.3) is 0 Å². The van der Waals surface area contributed by atoms with E-state index in [0.717, 1.165) is 32.1 Å². The van der Waals surface area contributed by atoms with Crippen LogP contribution >= 0.6 is 0 Å². The zero-order valence-electron chi connectivity index (χ0n) is 7.65. The maximum atomic E-state index is 11.0. The van der Waals surface area contributed by atoms with Crippen molar-refractivity contribution in [1.29, 1.82) is 0 Å². The Bertz CT molecular complexity index is 106. The second kappa shape index (κ2) is 7.64. The van der Waals surface area contributed by atoms with Gasteiger partial charge >= 0.3 is 0 Å². The summed E-state index contributed by atoms with van der Waals surface area (Å²) in [5.74, 6) is 0.209. The first-order chi connectivity index (χ1) is 5.31. The minimum Gasteiger partial charge on any atom is -0.356 e. The summed E-state index contributed by atoms with van der Waals surface area (Å²) >= 11 is 0. The number of amides is 1. The largest absolute Gasteiger partial charge is 0.356 e. The quantitative estimate of drug-likeness (QED) is 0.444. The van der Waals surface area contributed by atoms with Crippen LogP contribution in [0, 0.1) is 0 Å². The highest BCUT2D eigenvalue weighted by Gasteiger charge is 1.97. The molecule has 2 nitrogen and oxygen atoms in total. The van der Waals surface area contributed by atoms with E-state index >= 15 is 0 Å². The molecular formula is C8H18BNO. The minimum absolute atomic E-state index is 0.209. The second-order valence-corrected chi connectivity index (χ2v) is 2.81. The Morgan fingerprint density at radius 3 is 2.73 bits per heavy atom. The lowest BCUT2D eigenvalue weighted by Gasteiger charge is -2.02. The van der Waals surface area contributed by atoms with Crippen LogP contribution in [0.2, 0.25) is 6.32 Å². The topological polar surface area (TPSA) is 29.1 Å². The van der Waals surface area contributed by atoms with Gasteiger partial charge in [0.2, 0.25) is 5.91 Å². The molecule has 64 valence electrons. The molecule has 0 aliphatic carbocycles. The van der Waals surface area contributed by atoms with Gasteiger partial charge in [0.25, 0.3) is 0 Å². The molecule has 0 bridgehead atoms. The van der Waals surface area contributed by atoms with Crippen LogP contribution in [0.3, 0.4) is 0 Å². The molecule has 0 atom stereocenters. The highest BCUT2D eigenvalue weighted by Crippen LogP contribution is 1.93. The zero-order valence-corrected chi connectivity index (χ0v) is 7.65. The highest BCUT2D eigenvalue weighted by molar-refractivity contribution is 6.08. The lowest BCUT2D eigenvalue weighted by Crippen LogP contribution is -2.23. The maximum absolute atomic E-state index is 11.0. The number of nitrogens with one attached hydrogen (secondary N) is 1. The van der Waals surface area contributed by atoms with Crippen molar-refractivity contribution in [2.24, 2.45) is 0 Å². The fourth-order valence-electron chi connectivity index (χ4n) is 0.830. The lowest BCUT2D eigenvalue weighted by molar-refractivity contribution is -0.121. The number of carbonyl (C=O) groups excluding carboxylic acids is 1. The normalized spacial score (nSPS) is 9.55. The average Bonchev–Trinajstić information content (AvgIpc) is 2.01. The third kappa shape index (κ3) is 7.43. The molecule has 0 radical (unpaired) electrons. The van der Waals surface area contributed by atoms with E-state index in [9.17, 15) is 4.79 Å². The van der Waals surface area contributed by atoms with Crippen LogP contribution in [0.4, 0.5) is 0 Å². The van der Waals surface area contributed by atoms with Crippen molar-refractivity contribution in [3.8, 4) is 0 Å². The number of hydrogen-bond donors (Lipinski definition) is 1. The Kier molecular flexibility index (Phi) is 7.32. The predicted octanol–water partition coefficient (Wildman–Crippen LogP) is 0.734. The summed E-state index contributed by atoms with van der Waals surface area (Å²) in [5.41, 5.74) is 0. The van der Waals surface area contributed by atoms with Gasteiger partial charge < -0.3 is 5.32 Å². The van der Waals surface area contributed by atoms with E-state index in [4.69, 9.17) is 0 Å². The van der Waals surface area contributed by atoms with Crippen molar-refractivity contribution in [3.05, 3.63) is 0 Å². The van der Waals surface area contributed by atoms with E-state index in [2.05, 4.69) is 20.1 Å². The summed E-state index contributed by atoms with van der Waals surface area (Å²) in [6.45, 7) is 2.94. The molecule has 0 aromatic heterocycles. The van der Waals surface area contributed by atoms with Crippen LogP contribution in [0.1, 0.15) is 32.6 Å². The number of rotatable bonds is 6. The van der Waals surface area contributed by atoms with Crippen molar-refractivity contribution in [3.63, 3.8) is 0 Å². The molecule has 1 N–H and O–H groups in total. The molecular weight excluding hydrogens is 137 g/mol. The molecule has 1 amide bonds. The molecule has 0 aromatic carbocycles. The van der Waals surface area contributed by atoms with Crippen molar-refractivity contribution >= 4 is 13.8 Å². The summed E-state index contributed by atoms with van der Waals surface area (Å²) < 4.78 is 0. The van der Waals surface area contributed by atoms with E-state index < -0.39 is 0 Å². The van der Waals surface area contributed by atoms with E-state index in [1.54, 1.807) is 0 Å². The van der Waals surface area contributed by atoms with Crippen molar-refractivity contribution in [1.82, 2.24) is 5.32 Å². The SMILES string of the molecule is BCCCNC(=O)CCCC. The zero-order chi connectivity index (χ0) is 8.53. The third-order valence-electron chi connectivity index (χ3n) is 1.61. The van der Waals surface area contributed by atoms with Crippen LogP contribution in [0.15, 0.2) is 0 Å². The van der Waals surface area contributed by atoms with Crippen LogP contribution in [-0.4, -0.2) is 20.3 Å². The Balaban J connectivity index is 3.09. The van der Waals surface area contributed by atoms with Crippen LogP contribution < -0.4 is 5.32 Å². The lowest BCUT2D eigenvalue weighted by atomic mass is 10.0. The first-order valence-electron chi connectivity index (χ1n) is 4.58. The Morgan fingerprint density at radius 2 is 2.18 bits per heavy atom. The third-order valence-corrected chi connectivity index (χ3v) is 1.61. The van der Waals surface area contributed by atoms with E-state index in [1.807, 2.05) is 0 Å². The molecule has 0 spiro atoms. The van der Waals surface area contributed by atoms with Crippen LogP contribution in [0.5, 0.6) is 0 Å². The molecule has 0 heterocycles. The van der Waals surface area contributed by atoms with E-state index in [1.165, 1.54) is 0 Å². The van der Waals surface area contributed by atoms with Gasteiger partial charge in [0, 0.05) is 13.0 Å². The summed E-state index contributed by atoms with van der Waals surface area (Å²) in [4.78, 5) is 11.0. The monoisotopic (exact) mass is 155 g/mol. The van der Waals surface area contributed by atoms with Crippen molar-refractivity contribution in [2.45, 2.75) is 38.9 Å². The summed E-state index contributed by atoms with van der Waals surface area (Å²) in [5, 5.41) is 2.88. The standard InChI is InChI=1S/C8H18BNO/c1-2-3-5-8(11)10-7-4-6-9/h2-7,9H2,1H3,(H,10,11). The molecule has 0 fully saturated rings. The van der Waals surface area contributed by atoms with Gasteiger partial charge in [-0.15, -0.1) is 0 Å². The first kappa shape index (κ1) is 10.5. The van der Waals surface area contributed by atoms with Gasteiger partial charge in [0.1, 0.15) is 7.85 Å². The van der Waals surface area contributed by atoms with Gasteiger partial charge in [0.05, 0.1) is 0 Å². The summed E-state index contributed by atoms with van der Waals surface area (Å²) in [6, 6.07) is 0. The van der Waals surface area contributed by atoms with Gasteiger partial charge in [-0.25, -0.2) is 0 Å². The fraction of sp³-hybridized carbons (Fsp3) is 0.875. The molecule has 0 aliphatic rings. The number of hydrogen-bond acceptors (Lipinski definition) is 1. The molecule has 3 heteroatoms. The molecule has 0 aliphatic heterocycles. The number of carbonyl (C=O) groups is 1. The average molecular weight is 155 g/mol. The summed E-state index contributed by atoms with van der Waals surface area (Å²) in [7, 11) is 2.12. The Labute approximate surface area is 70.2 Å². The van der Waals surface area contributed by atoms with Gasteiger partial charge in [0.15, 0.2) is 0 Å². The number of unbranched alkanes of at least 4 members (excludes halogenated alkanes) is 1. The molecule has 0 aromatic rings. The van der Waals surface area contributed by atoms with Crippen molar-refractivity contribution < 1.29 is 4.79 Å². The van der Waals surface area contributed by atoms with Gasteiger partial charge in [-0.05, 0) is 12.8 Å². The highest BCUT2D eigenvalue weighted by atomic mass is 16.1. The van der Waals surface area contributed by atoms with Crippen molar-refractivity contribution in [2.75, 3.05) is 6.54 Å². The Morgan fingerprint density at radius 1 is 1.45 bits per heavy atom. The van der Waals surface area contributed by atoms with Gasteiger partial charge in [-0.3, -0.25) is 4.79 Å². The molecule has 0 saturated carbocycles. The smallest absolute Gasteiger partial charge is 0.219 e. The minimum atomic E-state index is 0.209. The molecule has 0 saturated heterocycles. The molecule has 0 unspecified atom stereocenters. The second-order valence-electron chi connectivity index (χ2n) is 2.81. The van der Waals surface area contributed by atoms with E-state index in [0.29, 0.717) is 6.42 Å².